The summed E-state index contributed by atoms with van der Waals surface area (Å²) in [6.45, 7) is 6.59. The van der Waals surface area contributed by atoms with Gasteiger partial charge in [-0.2, -0.15) is 5.01 Å². The minimum absolute atomic E-state index is 0.151. The normalized spacial score (nSPS) is 16.7. The molecular weight excluding hydrogens is 356 g/mol. The second-order valence-electron chi connectivity index (χ2n) is 7.11. The van der Waals surface area contributed by atoms with E-state index in [2.05, 4.69) is 10.6 Å². The van der Waals surface area contributed by atoms with Crippen LogP contribution >= 0.6 is 0 Å². The Balaban J connectivity index is 2.67. The summed E-state index contributed by atoms with van der Waals surface area (Å²) >= 11 is 0. The summed E-state index contributed by atoms with van der Waals surface area (Å²) < 4.78 is 5.17. The molecule has 0 unspecified atom stereocenters. The number of esters is 1. The van der Waals surface area contributed by atoms with Crippen molar-refractivity contribution in [2.24, 2.45) is 5.73 Å². The molecule has 0 aromatic rings. The Bertz CT molecular complexity index is 615. The zero-order chi connectivity index (χ0) is 20.8. The van der Waals surface area contributed by atoms with E-state index in [4.69, 9.17) is 15.9 Å². The van der Waals surface area contributed by atoms with Gasteiger partial charge < -0.3 is 21.1 Å². The molecule has 0 aromatic carbocycles. The molecule has 1 aliphatic rings. The number of nitrogens with one attached hydrogen (secondary N) is 3. The molecule has 0 saturated carbocycles. The van der Waals surface area contributed by atoms with Crippen LogP contribution in [0.3, 0.4) is 0 Å². The monoisotopic (exact) mass is 384 g/mol. The first kappa shape index (κ1) is 22.2. The minimum atomic E-state index is -0.783. The van der Waals surface area contributed by atoms with E-state index in [0.29, 0.717) is 19.4 Å². The summed E-state index contributed by atoms with van der Waals surface area (Å²) in [5.41, 5.74) is 4.50. The van der Waals surface area contributed by atoms with Crippen LogP contribution in [-0.2, 0) is 19.1 Å². The molecule has 1 saturated heterocycles. The van der Waals surface area contributed by atoms with Crippen LogP contribution in [0.4, 0.5) is 4.79 Å². The molecule has 27 heavy (non-hydrogen) atoms. The van der Waals surface area contributed by atoms with Crippen molar-refractivity contribution in [3.05, 3.63) is 0 Å². The summed E-state index contributed by atoms with van der Waals surface area (Å²) in [6, 6.07) is -1.50. The van der Waals surface area contributed by atoms with Crippen molar-refractivity contribution in [1.82, 2.24) is 20.7 Å². The molecule has 1 rings (SSSR count). The van der Waals surface area contributed by atoms with Gasteiger partial charge in [0.1, 0.15) is 11.6 Å². The number of ether oxygens (including phenoxy) is 1. The minimum Gasteiger partial charge on any atom is -0.460 e. The maximum Gasteiger partial charge on any atom is 0.344 e. The predicted molar refractivity (Wildman–Crippen MR) is 96.2 cm³/mol. The van der Waals surface area contributed by atoms with Gasteiger partial charge in [-0.25, -0.2) is 9.80 Å². The van der Waals surface area contributed by atoms with Gasteiger partial charge in [0, 0.05) is 13.5 Å². The van der Waals surface area contributed by atoms with E-state index in [-0.39, 0.29) is 18.9 Å². The summed E-state index contributed by atoms with van der Waals surface area (Å²) in [5.74, 6) is -1.82. The van der Waals surface area contributed by atoms with E-state index in [1.54, 1.807) is 20.8 Å². The Morgan fingerprint density at radius 3 is 2.52 bits per heavy atom. The third-order valence-electron chi connectivity index (χ3n) is 3.53. The van der Waals surface area contributed by atoms with Crippen LogP contribution in [0.15, 0.2) is 0 Å². The van der Waals surface area contributed by atoms with Gasteiger partial charge >= 0.3 is 12.0 Å². The second-order valence-corrected chi connectivity index (χ2v) is 7.11. The van der Waals surface area contributed by atoms with Crippen LogP contribution in [0.1, 0.15) is 47.0 Å². The van der Waals surface area contributed by atoms with Crippen molar-refractivity contribution in [3.63, 3.8) is 0 Å². The van der Waals surface area contributed by atoms with Gasteiger partial charge in [-0.05, 0) is 33.6 Å². The van der Waals surface area contributed by atoms with Crippen molar-refractivity contribution in [2.75, 3.05) is 13.1 Å². The SMILES string of the molecule is CC(=O)N(CCC(=O)OC(C)(C)C)N1C(=O)N[C@@H](CCCNC(=N)N)C1=O. The summed E-state index contributed by atoms with van der Waals surface area (Å²) in [6.07, 6.45) is 0.655. The molecule has 1 fully saturated rings. The first-order valence-electron chi connectivity index (χ1n) is 8.64. The highest BCUT2D eigenvalue weighted by Gasteiger charge is 2.42. The predicted octanol–water partition coefficient (Wildman–Crippen LogP) is -0.335. The molecule has 152 valence electrons. The first-order chi connectivity index (χ1) is 12.4. The number of rotatable bonds is 8. The lowest BCUT2D eigenvalue weighted by Crippen LogP contribution is -2.50. The number of amides is 4. The largest absolute Gasteiger partial charge is 0.460 e. The second kappa shape index (κ2) is 9.19. The van der Waals surface area contributed by atoms with Crippen LogP contribution in [0.5, 0.6) is 0 Å². The number of hydrogen-bond acceptors (Lipinski definition) is 6. The van der Waals surface area contributed by atoms with Crippen LogP contribution in [-0.4, -0.2) is 64.5 Å². The van der Waals surface area contributed by atoms with Gasteiger partial charge in [-0.3, -0.25) is 19.8 Å². The Kier molecular flexibility index (Phi) is 7.56. The quantitative estimate of drug-likeness (QED) is 0.147. The molecule has 0 spiro atoms. The van der Waals surface area contributed by atoms with Crippen LogP contribution in [0, 0.1) is 5.41 Å². The molecule has 1 heterocycles. The number of hydrazine groups is 1. The summed E-state index contributed by atoms with van der Waals surface area (Å²) in [7, 11) is 0. The number of guanidine groups is 1. The lowest BCUT2D eigenvalue weighted by Gasteiger charge is -2.28. The molecule has 11 heteroatoms. The molecule has 4 amide bonds. The number of carbonyl (C=O) groups is 4. The van der Waals surface area contributed by atoms with Crippen molar-refractivity contribution < 1.29 is 23.9 Å². The molecular formula is C16H28N6O5. The van der Waals surface area contributed by atoms with E-state index in [1.165, 1.54) is 6.92 Å². The molecule has 0 aromatic heterocycles. The van der Waals surface area contributed by atoms with E-state index >= 15 is 0 Å². The van der Waals surface area contributed by atoms with Gasteiger partial charge in [0.05, 0.1) is 13.0 Å². The van der Waals surface area contributed by atoms with E-state index < -0.39 is 35.5 Å². The zero-order valence-corrected chi connectivity index (χ0v) is 16.1. The average molecular weight is 384 g/mol. The fourth-order valence-electron chi connectivity index (χ4n) is 2.46. The molecule has 1 aliphatic heterocycles. The standard InChI is InChI=1S/C16H28N6O5/c1-10(23)21(9-7-12(24)27-16(2,3)4)22-13(25)11(20-15(22)26)6-5-8-19-14(17)18/h11H,5-9H2,1-4H3,(H,20,26)(H4,17,18,19)/t11-/m0/s1. The number of imide groups is 1. The number of hydrogen-bond donors (Lipinski definition) is 4. The van der Waals surface area contributed by atoms with Crippen molar-refractivity contribution in [1.29, 1.82) is 5.41 Å². The van der Waals surface area contributed by atoms with E-state index in [9.17, 15) is 19.2 Å². The number of urea groups is 1. The third-order valence-corrected chi connectivity index (χ3v) is 3.53. The molecule has 11 nitrogen and oxygen atoms in total. The molecule has 0 radical (unpaired) electrons. The van der Waals surface area contributed by atoms with Gasteiger partial charge in [0.15, 0.2) is 5.96 Å². The lowest BCUT2D eigenvalue weighted by molar-refractivity contribution is -0.160. The van der Waals surface area contributed by atoms with Crippen LogP contribution in [0.25, 0.3) is 0 Å². The molecule has 5 N–H and O–H groups in total. The third kappa shape index (κ3) is 7.12. The number of carbonyl (C=O) groups excluding carboxylic acids is 4. The number of nitrogens with zero attached hydrogens (tertiary/aromatic N) is 2. The fraction of sp³-hybridized carbons (Fsp3) is 0.688. The lowest BCUT2D eigenvalue weighted by atomic mass is 10.1. The van der Waals surface area contributed by atoms with Crippen LogP contribution in [0.2, 0.25) is 0 Å². The highest BCUT2D eigenvalue weighted by Crippen LogP contribution is 2.15. The van der Waals surface area contributed by atoms with Gasteiger partial charge in [0.2, 0.25) is 5.91 Å². The smallest absolute Gasteiger partial charge is 0.344 e. The Morgan fingerprint density at radius 2 is 2.00 bits per heavy atom. The van der Waals surface area contributed by atoms with E-state index in [0.717, 1.165) is 10.0 Å². The van der Waals surface area contributed by atoms with E-state index in [1.807, 2.05) is 0 Å². The fourth-order valence-corrected chi connectivity index (χ4v) is 2.46. The van der Waals surface area contributed by atoms with Gasteiger partial charge in [-0.1, -0.05) is 0 Å². The Labute approximate surface area is 158 Å². The average Bonchev–Trinajstić information content (AvgIpc) is 2.77. The highest BCUT2D eigenvalue weighted by atomic mass is 16.6. The summed E-state index contributed by atoms with van der Waals surface area (Å²) in [5, 5.41) is 13.9. The van der Waals surface area contributed by atoms with Gasteiger partial charge in [-0.15, -0.1) is 0 Å². The molecule has 0 bridgehead atoms. The highest BCUT2D eigenvalue weighted by molar-refractivity contribution is 6.05. The Morgan fingerprint density at radius 1 is 1.37 bits per heavy atom. The topological polar surface area (TPSA) is 158 Å². The first-order valence-corrected chi connectivity index (χ1v) is 8.64. The molecule has 1 atom stereocenters. The maximum atomic E-state index is 12.5. The van der Waals surface area contributed by atoms with Crippen molar-refractivity contribution in [2.45, 2.75) is 58.6 Å². The zero-order valence-electron chi connectivity index (χ0n) is 16.1. The van der Waals surface area contributed by atoms with Crippen molar-refractivity contribution in [3.8, 4) is 0 Å². The van der Waals surface area contributed by atoms with Gasteiger partial charge in [0.25, 0.3) is 5.91 Å². The maximum absolute atomic E-state index is 12.5. The molecule has 0 aliphatic carbocycles. The summed E-state index contributed by atoms with van der Waals surface area (Å²) in [4.78, 5) is 48.5. The Hall–Kier alpha value is -2.85. The van der Waals surface area contributed by atoms with Crippen LogP contribution < -0.4 is 16.4 Å². The van der Waals surface area contributed by atoms with Crippen molar-refractivity contribution >= 4 is 29.8 Å². The number of nitrogens with two attached hydrogens (primary N) is 1.